The van der Waals surface area contributed by atoms with Crippen molar-refractivity contribution >= 4 is 17.5 Å². The van der Waals surface area contributed by atoms with Gasteiger partial charge in [0.05, 0.1) is 25.1 Å². The maximum Gasteiger partial charge on any atom is 0.270 e. The first-order chi connectivity index (χ1) is 13.2. The Bertz CT molecular complexity index is 917. The summed E-state index contributed by atoms with van der Waals surface area (Å²) in [6.45, 7) is 2.42. The lowest BCUT2D eigenvalue weighted by atomic mass is 10.2. The molecule has 0 aliphatic carbocycles. The number of ether oxygens (including phenoxy) is 1. The number of aromatic nitrogens is 4. The zero-order chi connectivity index (χ0) is 18.6. The second-order valence-electron chi connectivity index (χ2n) is 6.29. The van der Waals surface area contributed by atoms with Gasteiger partial charge in [-0.25, -0.2) is 9.97 Å². The molecule has 0 atom stereocenters. The van der Waals surface area contributed by atoms with Gasteiger partial charge in [0.15, 0.2) is 0 Å². The van der Waals surface area contributed by atoms with Gasteiger partial charge in [0, 0.05) is 56.1 Å². The second-order valence-corrected chi connectivity index (χ2v) is 6.29. The molecule has 1 aliphatic rings. The minimum Gasteiger partial charge on any atom is -0.378 e. The molecule has 3 aromatic rings. The number of carbonyl (C=O) groups is 1. The van der Waals surface area contributed by atoms with E-state index in [1.54, 1.807) is 24.8 Å². The molecule has 1 aliphatic heterocycles. The minimum absolute atomic E-state index is 0.0165. The maximum atomic E-state index is 12.7. The number of amides is 1. The average Bonchev–Trinajstić information content (AvgIpc) is 3.11. The van der Waals surface area contributed by atoms with E-state index in [1.165, 1.54) is 0 Å². The first-order valence-electron chi connectivity index (χ1n) is 8.73. The first-order valence-corrected chi connectivity index (χ1v) is 8.73. The van der Waals surface area contributed by atoms with Crippen molar-refractivity contribution in [3.05, 3.63) is 54.9 Å². The van der Waals surface area contributed by atoms with Gasteiger partial charge in [-0.2, -0.15) is 0 Å². The Balaban J connectivity index is 1.51. The molecule has 4 rings (SSSR count). The molecule has 1 fully saturated rings. The van der Waals surface area contributed by atoms with E-state index in [2.05, 4.69) is 20.3 Å². The van der Waals surface area contributed by atoms with Gasteiger partial charge in [-0.05, 0) is 18.2 Å². The summed E-state index contributed by atoms with van der Waals surface area (Å²) in [4.78, 5) is 27.3. The van der Waals surface area contributed by atoms with E-state index in [0.29, 0.717) is 37.9 Å². The van der Waals surface area contributed by atoms with Crippen LogP contribution in [0.2, 0.25) is 0 Å². The van der Waals surface area contributed by atoms with Gasteiger partial charge in [-0.3, -0.25) is 9.78 Å². The molecule has 27 heavy (non-hydrogen) atoms. The van der Waals surface area contributed by atoms with Crippen LogP contribution in [0.1, 0.15) is 10.5 Å². The molecule has 8 nitrogen and oxygen atoms in total. The van der Waals surface area contributed by atoms with Crippen molar-refractivity contribution in [3.63, 3.8) is 0 Å². The fraction of sp³-hybridized carbons (Fsp3) is 0.263. The lowest BCUT2D eigenvalue weighted by Crippen LogP contribution is -2.41. The highest BCUT2D eigenvalue weighted by atomic mass is 16.5. The normalized spacial score (nSPS) is 14.2. The van der Waals surface area contributed by atoms with Crippen molar-refractivity contribution in [3.8, 4) is 11.1 Å². The number of carbonyl (C=O) groups excluding carboxylic acids is 1. The largest absolute Gasteiger partial charge is 0.378 e. The lowest BCUT2D eigenvalue weighted by molar-refractivity contribution is 0.0296. The zero-order valence-electron chi connectivity index (χ0n) is 15.0. The quantitative estimate of drug-likeness (QED) is 0.763. The minimum atomic E-state index is 0.0165. The standard InChI is InChI=1S/C19H20N6O2/c1-24-13-14(9-17(24)18(26)25-5-7-27-8-6-25)15-10-21-19(22-11-15)23-16-3-2-4-20-12-16/h2-4,9-13H,5-8H2,1H3,(H,21,22,23). The van der Waals surface area contributed by atoms with Crippen LogP contribution in [0.5, 0.6) is 0 Å². The molecule has 0 unspecified atom stereocenters. The van der Waals surface area contributed by atoms with Crippen LogP contribution in [-0.2, 0) is 11.8 Å². The van der Waals surface area contributed by atoms with Crippen molar-refractivity contribution in [2.45, 2.75) is 0 Å². The summed E-state index contributed by atoms with van der Waals surface area (Å²) in [7, 11) is 1.87. The van der Waals surface area contributed by atoms with E-state index >= 15 is 0 Å². The first kappa shape index (κ1) is 17.2. The van der Waals surface area contributed by atoms with Gasteiger partial charge < -0.3 is 19.5 Å². The van der Waals surface area contributed by atoms with E-state index in [-0.39, 0.29) is 5.91 Å². The third-order valence-corrected chi connectivity index (χ3v) is 4.43. The number of nitrogens with zero attached hydrogens (tertiary/aromatic N) is 5. The molecule has 3 aromatic heterocycles. The molecule has 0 radical (unpaired) electrons. The molecule has 138 valence electrons. The van der Waals surface area contributed by atoms with Gasteiger partial charge in [0.1, 0.15) is 5.69 Å². The van der Waals surface area contributed by atoms with Gasteiger partial charge in [0.25, 0.3) is 5.91 Å². The van der Waals surface area contributed by atoms with Crippen LogP contribution in [-0.4, -0.2) is 56.6 Å². The highest BCUT2D eigenvalue weighted by Gasteiger charge is 2.21. The van der Waals surface area contributed by atoms with Gasteiger partial charge in [-0.15, -0.1) is 0 Å². The highest BCUT2D eigenvalue weighted by Crippen LogP contribution is 2.22. The lowest BCUT2D eigenvalue weighted by Gasteiger charge is -2.26. The van der Waals surface area contributed by atoms with Crippen LogP contribution in [0.4, 0.5) is 11.6 Å². The van der Waals surface area contributed by atoms with Crippen LogP contribution in [0, 0.1) is 0 Å². The van der Waals surface area contributed by atoms with Crippen LogP contribution >= 0.6 is 0 Å². The Morgan fingerprint density at radius 1 is 1.15 bits per heavy atom. The Morgan fingerprint density at radius 3 is 2.63 bits per heavy atom. The fourth-order valence-electron chi connectivity index (χ4n) is 2.97. The van der Waals surface area contributed by atoms with E-state index < -0.39 is 0 Å². The number of nitrogens with one attached hydrogen (secondary N) is 1. The van der Waals surface area contributed by atoms with Gasteiger partial charge in [0.2, 0.25) is 5.95 Å². The van der Waals surface area contributed by atoms with Crippen molar-refractivity contribution in [1.29, 1.82) is 0 Å². The fourth-order valence-corrected chi connectivity index (χ4v) is 2.97. The summed E-state index contributed by atoms with van der Waals surface area (Å²) in [5, 5.41) is 3.10. The third kappa shape index (κ3) is 3.80. The van der Waals surface area contributed by atoms with E-state index in [0.717, 1.165) is 16.8 Å². The Hall–Kier alpha value is -3.26. The van der Waals surface area contributed by atoms with Crippen LogP contribution in [0.25, 0.3) is 11.1 Å². The third-order valence-electron chi connectivity index (χ3n) is 4.43. The molecule has 0 saturated carbocycles. The van der Waals surface area contributed by atoms with Crippen LogP contribution in [0.15, 0.2) is 49.2 Å². The smallest absolute Gasteiger partial charge is 0.270 e. The van der Waals surface area contributed by atoms with E-state index in [9.17, 15) is 4.79 Å². The number of pyridine rings is 1. The van der Waals surface area contributed by atoms with Crippen LogP contribution < -0.4 is 5.32 Å². The predicted molar refractivity (Wildman–Crippen MR) is 101 cm³/mol. The van der Waals surface area contributed by atoms with Gasteiger partial charge >= 0.3 is 0 Å². The Labute approximate surface area is 156 Å². The van der Waals surface area contributed by atoms with E-state index in [4.69, 9.17) is 4.74 Å². The van der Waals surface area contributed by atoms with Crippen molar-refractivity contribution in [2.24, 2.45) is 7.05 Å². The molecule has 1 N–H and O–H groups in total. The molecule has 0 aromatic carbocycles. The number of anilines is 2. The molecule has 0 bridgehead atoms. The monoisotopic (exact) mass is 364 g/mol. The zero-order valence-corrected chi connectivity index (χ0v) is 15.0. The molecular weight excluding hydrogens is 344 g/mol. The van der Waals surface area contributed by atoms with Crippen molar-refractivity contribution < 1.29 is 9.53 Å². The Morgan fingerprint density at radius 2 is 1.93 bits per heavy atom. The summed E-state index contributed by atoms with van der Waals surface area (Å²) < 4.78 is 7.16. The van der Waals surface area contributed by atoms with Crippen molar-refractivity contribution in [2.75, 3.05) is 31.6 Å². The molecule has 8 heteroatoms. The number of hydrogen-bond acceptors (Lipinski definition) is 6. The number of hydrogen-bond donors (Lipinski definition) is 1. The summed E-state index contributed by atoms with van der Waals surface area (Å²) in [5.41, 5.74) is 3.22. The molecule has 1 saturated heterocycles. The van der Waals surface area contributed by atoms with E-state index in [1.807, 2.05) is 40.9 Å². The molecule has 4 heterocycles. The summed E-state index contributed by atoms with van der Waals surface area (Å²) in [5.74, 6) is 0.509. The average molecular weight is 364 g/mol. The molecule has 0 spiro atoms. The number of aryl methyl sites for hydroxylation is 1. The predicted octanol–water partition coefficient (Wildman–Crippen LogP) is 2.09. The highest BCUT2D eigenvalue weighted by molar-refractivity contribution is 5.94. The van der Waals surface area contributed by atoms with Crippen molar-refractivity contribution in [1.82, 2.24) is 24.4 Å². The number of morpholine rings is 1. The molecule has 1 amide bonds. The summed E-state index contributed by atoms with van der Waals surface area (Å²) in [6.07, 6.45) is 8.81. The SMILES string of the molecule is Cn1cc(-c2cnc(Nc3cccnc3)nc2)cc1C(=O)N1CCOCC1. The molecular formula is C19H20N6O2. The maximum absolute atomic E-state index is 12.7. The number of rotatable bonds is 4. The van der Waals surface area contributed by atoms with Crippen LogP contribution in [0.3, 0.4) is 0 Å². The Kier molecular flexibility index (Phi) is 4.80. The summed E-state index contributed by atoms with van der Waals surface area (Å²) >= 11 is 0. The topological polar surface area (TPSA) is 85.2 Å². The second kappa shape index (κ2) is 7.55. The van der Waals surface area contributed by atoms with Gasteiger partial charge in [-0.1, -0.05) is 0 Å². The summed E-state index contributed by atoms with van der Waals surface area (Å²) in [6, 6.07) is 5.61.